The van der Waals surface area contributed by atoms with E-state index in [1.54, 1.807) is 25.3 Å². The lowest BCUT2D eigenvalue weighted by Crippen LogP contribution is -2.20. The highest BCUT2D eigenvalue weighted by Gasteiger charge is 2.14. The number of nitrogens with zero attached hydrogens (tertiary/aromatic N) is 4. The lowest BCUT2D eigenvalue weighted by Gasteiger charge is -2.08. The third kappa shape index (κ3) is 4.46. The van der Waals surface area contributed by atoms with Crippen molar-refractivity contribution in [3.63, 3.8) is 0 Å². The van der Waals surface area contributed by atoms with Gasteiger partial charge in [0, 0.05) is 5.56 Å². The van der Waals surface area contributed by atoms with Crippen LogP contribution in [-0.4, -0.2) is 40.3 Å². The van der Waals surface area contributed by atoms with Crippen LogP contribution in [0.25, 0.3) is 11.4 Å². The second-order valence-corrected chi connectivity index (χ2v) is 6.73. The quantitative estimate of drug-likeness (QED) is 0.581. The van der Waals surface area contributed by atoms with Crippen LogP contribution in [0.5, 0.6) is 11.5 Å². The van der Waals surface area contributed by atoms with Crippen LogP contribution in [0, 0.1) is 0 Å². The molecule has 146 valence electrons. The molecule has 0 aliphatic carbocycles. The van der Waals surface area contributed by atoms with Gasteiger partial charge >= 0.3 is 0 Å². The number of benzene rings is 2. The maximum atomic E-state index is 12.2. The highest BCUT2D eigenvalue weighted by Crippen LogP contribution is 2.32. The Morgan fingerprint density at radius 3 is 2.46 bits per heavy atom. The molecule has 0 aliphatic rings. The number of halogens is 3. The number of ether oxygens (including phenoxy) is 2. The van der Waals surface area contributed by atoms with E-state index in [0.29, 0.717) is 33.6 Å². The summed E-state index contributed by atoms with van der Waals surface area (Å²) in [6, 6.07) is 8.12. The Labute approximate surface area is 175 Å². The van der Waals surface area contributed by atoms with E-state index in [4.69, 9.17) is 44.3 Å². The molecule has 0 saturated carbocycles. The summed E-state index contributed by atoms with van der Waals surface area (Å²) in [5, 5.41) is 15.5. The minimum absolute atomic E-state index is 0.170. The Morgan fingerprint density at radius 2 is 1.75 bits per heavy atom. The zero-order chi connectivity index (χ0) is 20.3. The molecule has 1 N–H and O–H groups in total. The maximum absolute atomic E-state index is 12.2. The molecule has 0 radical (unpaired) electrons. The summed E-state index contributed by atoms with van der Waals surface area (Å²) in [4.78, 5) is 13.4. The Bertz CT molecular complexity index is 1030. The van der Waals surface area contributed by atoms with Gasteiger partial charge in [0.1, 0.15) is 6.54 Å². The second kappa shape index (κ2) is 8.64. The van der Waals surface area contributed by atoms with Crippen molar-refractivity contribution in [1.29, 1.82) is 0 Å². The SMILES string of the molecule is COc1ccc(-c2nnn(CC(=O)Nc3cc(Cl)c(Cl)cc3Cl)n2)cc1OC. The third-order valence-corrected chi connectivity index (χ3v) is 4.70. The smallest absolute Gasteiger partial charge is 0.248 e. The number of carbonyl (C=O) groups is 1. The summed E-state index contributed by atoms with van der Waals surface area (Å²) < 4.78 is 10.5. The van der Waals surface area contributed by atoms with Crippen LogP contribution in [0.2, 0.25) is 15.1 Å². The van der Waals surface area contributed by atoms with E-state index in [-0.39, 0.29) is 16.6 Å². The lowest BCUT2D eigenvalue weighted by atomic mass is 10.2. The van der Waals surface area contributed by atoms with Crippen LogP contribution >= 0.6 is 34.8 Å². The average Bonchev–Trinajstić information content (AvgIpc) is 3.13. The summed E-state index contributed by atoms with van der Waals surface area (Å²) in [7, 11) is 3.08. The minimum atomic E-state index is -0.406. The van der Waals surface area contributed by atoms with E-state index in [1.165, 1.54) is 19.2 Å². The first-order chi connectivity index (χ1) is 13.4. The highest BCUT2D eigenvalue weighted by molar-refractivity contribution is 6.44. The average molecular weight is 443 g/mol. The van der Waals surface area contributed by atoms with E-state index in [0.717, 1.165) is 4.80 Å². The number of anilines is 1. The maximum Gasteiger partial charge on any atom is 0.248 e. The van der Waals surface area contributed by atoms with Crippen LogP contribution in [0.4, 0.5) is 5.69 Å². The van der Waals surface area contributed by atoms with Crippen molar-refractivity contribution in [2.45, 2.75) is 6.54 Å². The van der Waals surface area contributed by atoms with Crippen LogP contribution < -0.4 is 14.8 Å². The van der Waals surface area contributed by atoms with Crippen LogP contribution in [-0.2, 0) is 11.3 Å². The molecule has 1 amide bonds. The van der Waals surface area contributed by atoms with Gasteiger partial charge in [0.2, 0.25) is 11.7 Å². The molecule has 0 fully saturated rings. The third-order valence-electron chi connectivity index (χ3n) is 3.66. The number of aromatic nitrogens is 4. The summed E-state index contributed by atoms with van der Waals surface area (Å²) in [5.41, 5.74) is 0.998. The Kier molecular flexibility index (Phi) is 6.23. The van der Waals surface area contributed by atoms with Crippen molar-refractivity contribution < 1.29 is 14.3 Å². The molecule has 3 rings (SSSR count). The number of hydrogen-bond acceptors (Lipinski definition) is 6. The number of hydrogen-bond donors (Lipinski definition) is 1. The molecule has 11 heteroatoms. The van der Waals surface area contributed by atoms with E-state index in [9.17, 15) is 4.79 Å². The van der Waals surface area contributed by atoms with Crippen molar-refractivity contribution in [2.24, 2.45) is 0 Å². The molecule has 0 unspecified atom stereocenters. The van der Waals surface area contributed by atoms with E-state index in [1.807, 2.05) is 0 Å². The summed E-state index contributed by atoms with van der Waals surface area (Å²) in [6.45, 7) is -0.170. The normalized spacial score (nSPS) is 10.6. The van der Waals surface area contributed by atoms with Crippen molar-refractivity contribution >= 4 is 46.4 Å². The number of amides is 1. The van der Waals surface area contributed by atoms with Crippen molar-refractivity contribution in [3.05, 3.63) is 45.4 Å². The van der Waals surface area contributed by atoms with Gasteiger partial charge in [-0.25, -0.2) is 0 Å². The predicted octanol–water partition coefficient (Wildman–Crippen LogP) is 3.96. The topological polar surface area (TPSA) is 91.2 Å². The van der Waals surface area contributed by atoms with E-state index in [2.05, 4.69) is 20.7 Å². The number of rotatable bonds is 6. The molecule has 0 atom stereocenters. The number of methoxy groups -OCH3 is 2. The van der Waals surface area contributed by atoms with Gasteiger partial charge in [0.25, 0.3) is 0 Å². The van der Waals surface area contributed by atoms with Gasteiger partial charge in [-0.1, -0.05) is 34.8 Å². The van der Waals surface area contributed by atoms with Gasteiger partial charge in [-0.15, -0.1) is 10.2 Å². The molecule has 0 aliphatic heterocycles. The Morgan fingerprint density at radius 1 is 1.04 bits per heavy atom. The molecule has 0 bridgehead atoms. The van der Waals surface area contributed by atoms with Crippen molar-refractivity contribution in [3.8, 4) is 22.9 Å². The molecule has 0 saturated heterocycles. The fourth-order valence-corrected chi connectivity index (χ4v) is 2.93. The predicted molar refractivity (Wildman–Crippen MR) is 106 cm³/mol. The lowest BCUT2D eigenvalue weighted by molar-refractivity contribution is -0.117. The number of nitrogens with one attached hydrogen (secondary N) is 1. The van der Waals surface area contributed by atoms with Crippen LogP contribution in [0.1, 0.15) is 0 Å². The van der Waals surface area contributed by atoms with Crippen LogP contribution in [0.15, 0.2) is 30.3 Å². The second-order valence-electron chi connectivity index (χ2n) is 5.51. The summed E-state index contributed by atoms with van der Waals surface area (Å²) in [5.74, 6) is 1.04. The standard InChI is InChI=1S/C17H14Cl3N5O3/c1-27-14-4-3-9(5-15(14)28-2)17-22-24-25(23-17)8-16(26)21-13-7-11(19)10(18)6-12(13)20/h3-7H,8H2,1-2H3,(H,21,26). The largest absolute Gasteiger partial charge is 0.493 e. The molecule has 0 spiro atoms. The first kappa shape index (κ1) is 20.2. The first-order valence-corrected chi connectivity index (χ1v) is 8.99. The van der Waals surface area contributed by atoms with Crippen molar-refractivity contribution in [1.82, 2.24) is 20.2 Å². The minimum Gasteiger partial charge on any atom is -0.493 e. The fourth-order valence-electron chi connectivity index (χ4n) is 2.34. The molecular formula is C17H14Cl3N5O3. The molecule has 1 heterocycles. The highest BCUT2D eigenvalue weighted by atomic mass is 35.5. The van der Waals surface area contributed by atoms with Gasteiger partial charge < -0.3 is 14.8 Å². The molecular weight excluding hydrogens is 429 g/mol. The Balaban J connectivity index is 1.73. The Hall–Kier alpha value is -2.55. The molecule has 2 aromatic carbocycles. The van der Waals surface area contributed by atoms with Crippen molar-refractivity contribution in [2.75, 3.05) is 19.5 Å². The molecule has 28 heavy (non-hydrogen) atoms. The number of carbonyl (C=O) groups excluding carboxylic acids is 1. The van der Waals surface area contributed by atoms with Crippen LogP contribution in [0.3, 0.4) is 0 Å². The fraction of sp³-hybridized carbons (Fsp3) is 0.176. The zero-order valence-electron chi connectivity index (χ0n) is 14.7. The monoisotopic (exact) mass is 441 g/mol. The van der Waals surface area contributed by atoms with E-state index >= 15 is 0 Å². The van der Waals surface area contributed by atoms with Gasteiger partial charge in [0.05, 0.1) is 35.0 Å². The van der Waals surface area contributed by atoms with E-state index < -0.39 is 5.91 Å². The van der Waals surface area contributed by atoms with Gasteiger partial charge in [-0.05, 0) is 35.5 Å². The summed E-state index contributed by atoms with van der Waals surface area (Å²) >= 11 is 17.9. The summed E-state index contributed by atoms with van der Waals surface area (Å²) in [6.07, 6.45) is 0. The number of tetrazole rings is 1. The van der Waals surface area contributed by atoms with Gasteiger partial charge in [-0.2, -0.15) is 4.80 Å². The first-order valence-electron chi connectivity index (χ1n) is 7.86. The molecule has 3 aromatic rings. The van der Waals surface area contributed by atoms with Gasteiger partial charge in [-0.3, -0.25) is 4.79 Å². The molecule has 8 nitrogen and oxygen atoms in total. The zero-order valence-corrected chi connectivity index (χ0v) is 17.0. The molecule has 1 aromatic heterocycles. The van der Waals surface area contributed by atoms with Gasteiger partial charge in [0.15, 0.2) is 11.5 Å².